The Balaban J connectivity index is 1.45. The molecule has 0 aliphatic carbocycles. The van der Waals surface area contributed by atoms with Crippen LogP contribution < -0.4 is 10.6 Å². The first-order valence-electron chi connectivity index (χ1n) is 11.0. The lowest BCUT2D eigenvalue weighted by Crippen LogP contribution is -2.20. The van der Waals surface area contributed by atoms with E-state index in [0.29, 0.717) is 34.6 Å². The Morgan fingerprint density at radius 2 is 1.85 bits per heavy atom. The van der Waals surface area contributed by atoms with Gasteiger partial charge in [0.25, 0.3) is 0 Å². The highest BCUT2D eigenvalue weighted by Crippen LogP contribution is 2.31. The first kappa shape index (κ1) is 23.7. The molecule has 174 valence electrons. The van der Waals surface area contributed by atoms with Crippen LogP contribution in [0.15, 0.2) is 72.9 Å². The second-order valence-corrected chi connectivity index (χ2v) is 9.29. The Morgan fingerprint density at radius 1 is 1.09 bits per heavy atom. The van der Waals surface area contributed by atoms with Gasteiger partial charge in [-0.1, -0.05) is 54.6 Å². The van der Waals surface area contributed by atoms with Gasteiger partial charge >= 0.3 is 5.97 Å². The molecule has 0 amide bonds. The van der Waals surface area contributed by atoms with Crippen molar-refractivity contribution in [2.45, 2.75) is 26.8 Å². The van der Waals surface area contributed by atoms with Crippen molar-refractivity contribution in [1.29, 1.82) is 0 Å². The second-order valence-electron chi connectivity index (χ2n) is 7.74. The van der Waals surface area contributed by atoms with Crippen LogP contribution in [-0.4, -0.2) is 27.5 Å². The van der Waals surface area contributed by atoms with Gasteiger partial charge in [0.15, 0.2) is 10.9 Å². The van der Waals surface area contributed by atoms with E-state index in [0.717, 1.165) is 11.3 Å². The minimum absolute atomic E-state index is 0.309. The molecule has 2 aromatic heterocycles. The van der Waals surface area contributed by atoms with Crippen LogP contribution in [0, 0.1) is 6.92 Å². The molecule has 8 heteroatoms. The summed E-state index contributed by atoms with van der Waals surface area (Å²) in [5.74, 6) is 0.260. The van der Waals surface area contributed by atoms with E-state index in [4.69, 9.17) is 17.0 Å². The van der Waals surface area contributed by atoms with E-state index in [1.54, 1.807) is 6.92 Å². The molecule has 6 nitrogen and oxygen atoms in total. The van der Waals surface area contributed by atoms with E-state index in [2.05, 4.69) is 46.9 Å². The molecule has 0 aliphatic rings. The lowest BCUT2D eigenvalue weighted by Gasteiger charge is -2.09. The van der Waals surface area contributed by atoms with Crippen LogP contribution in [-0.2, 0) is 17.7 Å². The molecular formula is C26H26N4O2S2. The average Bonchev–Trinajstić information content (AvgIpc) is 3.42. The van der Waals surface area contributed by atoms with Gasteiger partial charge < -0.3 is 15.4 Å². The van der Waals surface area contributed by atoms with E-state index in [-0.39, 0.29) is 5.97 Å². The first-order valence-corrected chi connectivity index (χ1v) is 12.2. The molecule has 0 bridgehead atoms. The Labute approximate surface area is 208 Å². The summed E-state index contributed by atoms with van der Waals surface area (Å²) in [6.45, 7) is 4.87. The van der Waals surface area contributed by atoms with Crippen LogP contribution >= 0.6 is 23.6 Å². The molecule has 2 aromatic carbocycles. The standard InChI is InChI=1S/C26H26N4O2S2/c1-3-32-25(31)22-16-21(15-19-10-5-4-6-11-19)34-24(22)28-26(33)27-23-13-14-30(29-23)17-20-12-8-7-9-18(20)2/h4-14,16H,3,15,17H2,1-2H3,(H2,27,28,29,33). The van der Waals surface area contributed by atoms with Gasteiger partial charge in [-0.05, 0) is 48.8 Å². The van der Waals surface area contributed by atoms with Crippen molar-refractivity contribution in [3.8, 4) is 0 Å². The van der Waals surface area contributed by atoms with E-state index >= 15 is 0 Å². The monoisotopic (exact) mass is 490 g/mol. The van der Waals surface area contributed by atoms with Crippen molar-refractivity contribution in [2.75, 3.05) is 17.2 Å². The van der Waals surface area contributed by atoms with Crippen molar-refractivity contribution >= 4 is 45.5 Å². The van der Waals surface area contributed by atoms with Crippen LogP contribution in [0.25, 0.3) is 0 Å². The topological polar surface area (TPSA) is 68.2 Å². The summed E-state index contributed by atoms with van der Waals surface area (Å²) in [5, 5.41) is 11.9. The highest BCUT2D eigenvalue weighted by Gasteiger charge is 2.19. The number of nitrogens with one attached hydrogen (secondary N) is 2. The Bertz CT molecular complexity index is 1280. The SMILES string of the molecule is CCOC(=O)c1cc(Cc2ccccc2)sc1NC(=S)Nc1ccn(Cc2ccccc2C)n1. The van der Waals surface area contributed by atoms with Crippen LogP contribution in [0.4, 0.5) is 10.8 Å². The molecule has 34 heavy (non-hydrogen) atoms. The number of benzene rings is 2. The molecule has 4 aromatic rings. The number of hydrogen-bond donors (Lipinski definition) is 2. The van der Waals surface area contributed by atoms with E-state index in [9.17, 15) is 4.79 Å². The summed E-state index contributed by atoms with van der Waals surface area (Å²) >= 11 is 7.00. The summed E-state index contributed by atoms with van der Waals surface area (Å²) in [7, 11) is 0. The van der Waals surface area contributed by atoms with Gasteiger partial charge in [-0.25, -0.2) is 4.79 Å². The normalized spacial score (nSPS) is 10.6. The maximum Gasteiger partial charge on any atom is 0.341 e. The number of ether oxygens (including phenoxy) is 1. The zero-order chi connectivity index (χ0) is 23.9. The largest absolute Gasteiger partial charge is 0.462 e. The van der Waals surface area contributed by atoms with Gasteiger partial charge in [0, 0.05) is 23.6 Å². The van der Waals surface area contributed by atoms with Crippen molar-refractivity contribution < 1.29 is 9.53 Å². The molecule has 0 saturated carbocycles. The molecule has 0 unspecified atom stereocenters. The predicted octanol–water partition coefficient (Wildman–Crippen LogP) is 5.88. The first-order chi connectivity index (χ1) is 16.5. The second kappa shape index (κ2) is 11.1. The third kappa shape index (κ3) is 6.09. The molecule has 4 rings (SSSR count). The van der Waals surface area contributed by atoms with Gasteiger partial charge in [-0.15, -0.1) is 11.3 Å². The van der Waals surface area contributed by atoms with Crippen LogP contribution in [0.2, 0.25) is 0 Å². The van der Waals surface area contributed by atoms with Gasteiger partial charge in [-0.3, -0.25) is 4.68 Å². The minimum atomic E-state index is -0.370. The smallest absolute Gasteiger partial charge is 0.341 e. The fourth-order valence-electron chi connectivity index (χ4n) is 3.51. The quantitative estimate of drug-likeness (QED) is 0.238. The van der Waals surface area contributed by atoms with Gasteiger partial charge in [0.05, 0.1) is 18.7 Å². The lowest BCUT2D eigenvalue weighted by molar-refractivity contribution is 0.0528. The number of aromatic nitrogens is 2. The molecule has 2 heterocycles. The molecule has 0 fully saturated rings. The van der Waals surface area contributed by atoms with Crippen LogP contribution in [0.1, 0.15) is 38.8 Å². The molecular weight excluding hydrogens is 464 g/mol. The summed E-state index contributed by atoms with van der Waals surface area (Å²) in [4.78, 5) is 13.6. The minimum Gasteiger partial charge on any atom is -0.462 e. The maximum absolute atomic E-state index is 12.5. The van der Waals surface area contributed by atoms with Gasteiger partial charge in [0.1, 0.15) is 5.00 Å². The average molecular weight is 491 g/mol. The van der Waals surface area contributed by atoms with E-state index in [1.165, 1.54) is 28.0 Å². The number of aryl methyl sites for hydroxylation is 1. The highest BCUT2D eigenvalue weighted by molar-refractivity contribution is 7.80. The van der Waals surface area contributed by atoms with Gasteiger partial charge in [0.2, 0.25) is 0 Å². The molecule has 0 aliphatic heterocycles. The van der Waals surface area contributed by atoms with Crippen molar-refractivity contribution in [3.05, 3.63) is 100 Å². The van der Waals surface area contributed by atoms with E-state index < -0.39 is 0 Å². The fraction of sp³-hybridized carbons (Fsp3) is 0.192. The summed E-state index contributed by atoms with van der Waals surface area (Å²) in [5.41, 5.74) is 4.08. The molecule has 2 N–H and O–H groups in total. The number of carbonyl (C=O) groups is 1. The molecule has 0 saturated heterocycles. The number of hydrogen-bond acceptors (Lipinski definition) is 5. The molecule has 0 radical (unpaired) electrons. The molecule has 0 spiro atoms. The number of thiophene rings is 1. The van der Waals surface area contributed by atoms with Crippen molar-refractivity contribution in [3.63, 3.8) is 0 Å². The Hall–Kier alpha value is -3.49. The Kier molecular flexibility index (Phi) is 7.72. The summed E-state index contributed by atoms with van der Waals surface area (Å²) in [6.07, 6.45) is 2.63. The predicted molar refractivity (Wildman–Crippen MR) is 142 cm³/mol. The number of carbonyl (C=O) groups excluding carboxylic acids is 1. The number of nitrogens with zero attached hydrogens (tertiary/aromatic N) is 2. The zero-order valence-corrected chi connectivity index (χ0v) is 20.7. The number of esters is 1. The summed E-state index contributed by atoms with van der Waals surface area (Å²) < 4.78 is 7.11. The van der Waals surface area contributed by atoms with Crippen molar-refractivity contribution in [1.82, 2.24) is 9.78 Å². The molecule has 0 atom stereocenters. The van der Waals surface area contributed by atoms with Crippen LogP contribution in [0.3, 0.4) is 0 Å². The third-order valence-corrected chi connectivity index (χ3v) is 6.46. The van der Waals surface area contributed by atoms with Gasteiger partial charge in [-0.2, -0.15) is 5.10 Å². The highest BCUT2D eigenvalue weighted by atomic mass is 32.1. The third-order valence-electron chi connectivity index (χ3n) is 5.20. The maximum atomic E-state index is 12.5. The zero-order valence-electron chi connectivity index (χ0n) is 19.1. The number of thiocarbonyl (C=S) groups is 1. The number of anilines is 2. The summed E-state index contributed by atoms with van der Waals surface area (Å²) in [6, 6.07) is 22.1. The number of rotatable bonds is 8. The fourth-order valence-corrected chi connectivity index (χ4v) is 4.86. The lowest BCUT2D eigenvalue weighted by atomic mass is 10.1. The van der Waals surface area contributed by atoms with E-state index in [1.807, 2.05) is 53.3 Å². The van der Waals surface area contributed by atoms with Crippen molar-refractivity contribution in [2.24, 2.45) is 0 Å². The Morgan fingerprint density at radius 3 is 2.62 bits per heavy atom. The van der Waals surface area contributed by atoms with Crippen LogP contribution in [0.5, 0.6) is 0 Å².